The van der Waals surface area contributed by atoms with Crippen LogP contribution in [0.4, 0.5) is 11.4 Å². The van der Waals surface area contributed by atoms with E-state index in [4.69, 9.17) is 10.5 Å². The SMILES string of the molecule is CCCOc1cc(N)cc(NC2CCCSC2)c1. The molecule has 1 aliphatic heterocycles. The third-order valence-electron chi connectivity index (χ3n) is 2.93. The van der Waals surface area contributed by atoms with Gasteiger partial charge in [-0.25, -0.2) is 0 Å². The van der Waals surface area contributed by atoms with Crippen molar-refractivity contribution < 1.29 is 4.74 Å². The summed E-state index contributed by atoms with van der Waals surface area (Å²) in [6, 6.07) is 6.48. The number of anilines is 2. The normalized spacial score (nSPS) is 19.5. The summed E-state index contributed by atoms with van der Waals surface area (Å²) in [4.78, 5) is 0. The lowest BCUT2D eigenvalue weighted by molar-refractivity contribution is 0.318. The van der Waals surface area contributed by atoms with E-state index in [1.807, 2.05) is 30.0 Å². The summed E-state index contributed by atoms with van der Waals surface area (Å²) in [7, 11) is 0. The molecule has 1 atom stereocenters. The number of benzene rings is 1. The van der Waals surface area contributed by atoms with Gasteiger partial charge >= 0.3 is 0 Å². The van der Waals surface area contributed by atoms with E-state index in [2.05, 4.69) is 12.2 Å². The molecular formula is C14H22N2OS. The number of hydrogen-bond acceptors (Lipinski definition) is 4. The Morgan fingerprint density at radius 2 is 2.33 bits per heavy atom. The number of thioether (sulfide) groups is 1. The van der Waals surface area contributed by atoms with E-state index in [0.29, 0.717) is 6.04 Å². The summed E-state index contributed by atoms with van der Waals surface area (Å²) in [6.45, 7) is 2.84. The summed E-state index contributed by atoms with van der Waals surface area (Å²) in [5.74, 6) is 3.34. The Labute approximate surface area is 113 Å². The molecule has 0 aliphatic carbocycles. The molecule has 0 radical (unpaired) electrons. The van der Waals surface area contributed by atoms with Crippen molar-refractivity contribution >= 4 is 23.1 Å². The van der Waals surface area contributed by atoms with Crippen LogP contribution in [0.25, 0.3) is 0 Å². The van der Waals surface area contributed by atoms with Crippen LogP contribution in [-0.4, -0.2) is 24.2 Å². The lowest BCUT2D eigenvalue weighted by Crippen LogP contribution is -2.25. The van der Waals surface area contributed by atoms with Gasteiger partial charge in [-0.05, 0) is 31.1 Å². The molecule has 100 valence electrons. The molecular weight excluding hydrogens is 244 g/mol. The second-order valence-corrected chi connectivity index (χ2v) is 5.85. The molecule has 1 aromatic carbocycles. The molecule has 1 aromatic rings. The smallest absolute Gasteiger partial charge is 0.123 e. The largest absolute Gasteiger partial charge is 0.493 e. The van der Waals surface area contributed by atoms with Gasteiger partial charge in [0.2, 0.25) is 0 Å². The molecule has 1 heterocycles. The summed E-state index contributed by atoms with van der Waals surface area (Å²) >= 11 is 2.02. The van der Waals surface area contributed by atoms with E-state index in [-0.39, 0.29) is 0 Å². The van der Waals surface area contributed by atoms with Crippen molar-refractivity contribution in [1.82, 2.24) is 0 Å². The number of nitrogens with one attached hydrogen (secondary N) is 1. The monoisotopic (exact) mass is 266 g/mol. The van der Waals surface area contributed by atoms with Crippen molar-refractivity contribution in [2.75, 3.05) is 29.2 Å². The van der Waals surface area contributed by atoms with Gasteiger partial charge in [0.25, 0.3) is 0 Å². The Bertz CT molecular complexity index is 378. The maximum absolute atomic E-state index is 5.91. The number of nitrogen functional groups attached to an aromatic ring is 1. The van der Waals surface area contributed by atoms with Crippen LogP contribution in [0.15, 0.2) is 18.2 Å². The van der Waals surface area contributed by atoms with Gasteiger partial charge in [-0.3, -0.25) is 0 Å². The van der Waals surface area contributed by atoms with Gasteiger partial charge in [-0.15, -0.1) is 0 Å². The Hall–Kier alpha value is -1.03. The highest BCUT2D eigenvalue weighted by atomic mass is 32.2. The maximum Gasteiger partial charge on any atom is 0.123 e. The highest BCUT2D eigenvalue weighted by Crippen LogP contribution is 2.26. The first kappa shape index (κ1) is 13.4. The number of rotatable bonds is 5. The van der Waals surface area contributed by atoms with Gasteiger partial charge in [0, 0.05) is 35.3 Å². The second kappa shape index (κ2) is 6.78. The molecule has 1 unspecified atom stereocenters. The summed E-state index contributed by atoms with van der Waals surface area (Å²) < 4.78 is 5.64. The highest BCUT2D eigenvalue weighted by molar-refractivity contribution is 7.99. The number of nitrogens with two attached hydrogens (primary N) is 1. The van der Waals surface area contributed by atoms with Crippen LogP contribution in [-0.2, 0) is 0 Å². The predicted molar refractivity (Wildman–Crippen MR) is 80.6 cm³/mol. The van der Waals surface area contributed by atoms with Gasteiger partial charge in [-0.1, -0.05) is 6.92 Å². The maximum atomic E-state index is 5.91. The zero-order valence-electron chi connectivity index (χ0n) is 10.9. The molecule has 3 nitrogen and oxygen atoms in total. The second-order valence-electron chi connectivity index (χ2n) is 4.70. The van der Waals surface area contributed by atoms with Crippen LogP contribution in [0.3, 0.4) is 0 Å². The molecule has 1 fully saturated rings. The Morgan fingerprint density at radius 1 is 1.44 bits per heavy atom. The van der Waals surface area contributed by atoms with Crippen molar-refractivity contribution in [3.8, 4) is 5.75 Å². The molecule has 0 saturated carbocycles. The standard InChI is InChI=1S/C14H22N2OS/c1-2-5-17-14-8-11(15)7-13(9-14)16-12-4-3-6-18-10-12/h7-9,12,16H,2-6,10,15H2,1H3. The van der Waals surface area contributed by atoms with Crippen LogP contribution in [0.2, 0.25) is 0 Å². The molecule has 0 bridgehead atoms. The van der Waals surface area contributed by atoms with Crippen molar-refractivity contribution in [1.29, 1.82) is 0 Å². The van der Waals surface area contributed by atoms with Crippen LogP contribution >= 0.6 is 11.8 Å². The van der Waals surface area contributed by atoms with Crippen molar-refractivity contribution in [3.05, 3.63) is 18.2 Å². The highest BCUT2D eigenvalue weighted by Gasteiger charge is 2.13. The lowest BCUT2D eigenvalue weighted by Gasteiger charge is -2.24. The van der Waals surface area contributed by atoms with E-state index in [0.717, 1.165) is 30.2 Å². The van der Waals surface area contributed by atoms with E-state index < -0.39 is 0 Å². The first-order valence-corrected chi connectivity index (χ1v) is 7.81. The van der Waals surface area contributed by atoms with Gasteiger partial charge in [-0.2, -0.15) is 11.8 Å². The van der Waals surface area contributed by atoms with Gasteiger partial charge in [0.05, 0.1) is 6.61 Å². The fraction of sp³-hybridized carbons (Fsp3) is 0.571. The fourth-order valence-electron chi connectivity index (χ4n) is 2.10. The molecule has 0 spiro atoms. The van der Waals surface area contributed by atoms with Crippen LogP contribution in [0.1, 0.15) is 26.2 Å². The number of hydrogen-bond donors (Lipinski definition) is 2. The molecule has 1 saturated heterocycles. The minimum atomic E-state index is 0.560. The Kier molecular flexibility index (Phi) is 5.05. The van der Waals surface area contributed by atoms with Gasteiger partial charge in [0.1, 0.15) is 5.75 Å². The Morgan fingerprint density at radius 3 is 3.06 bits per heavy atom. The van der Waals surface area contributed by atoms with Crippen molar-refractivity contribution in [2.45, 2.75) is 32.2 Å². The zero-order chi connectivity index (χ0) is 12.8. The van der Waals surface area contributed by atoms with Gasteiger partial charge < -0.3 is 15.8 Å². The quantitative estimate of drug-likeness (QED) is 0.802. The molecule has 1 aliphatic rings. The third-order valence-corrected chi connectivity index (χ3v) is 4.15. The summed E-state index contributed by atoms with van der Waals surface area (Å²) in [5.41, 5.74) is 7.75. The first-order valence-electron chi connectivity index (χ1n) is 6.65. The van der Waals surface area contributed by atoms with Crippen LogP contribution in [0.5, 0.6) is 5.75 Å². The van der Waals surface area contributed by atoms with Crippen molar-refractivity contribution in [2.24, 2.45) is 0 Å². The minimum absolute atomic E-state index is 0.560. The van der Waals surface area contributed by atoms with E-state index >= 15 is 0 Å². The lowest BCUT2D eigenvalue weighted by atomic mass is 10.1. The Balaban J connectivity index is 1.99. The molecule has 0 aromatic heterocycles. The molecule has 4 heteroatoms. The molecule has 3 N–H and O–H groups in total. The predicted octanol–water partition coefficient (Wildman–Crippen LogP) is 3.37. The topological polar surface area (TPSA) is 47.3 Å². The van der Waals surface area contributed by atoms with E-state index in [9.17, 15) is 0 Å². The van der Waals surface area contributed by atoms with Gasteiger partial charge in [0.15, 0.2) is 0 Å². The molecule has 2 rings (SSSR count). The zero-order valence-corrected chi connectivity index (χ0v) is 11.8. The third kappa shape index (κ3) is 4.02. The fourth-order valence-corrected chi connectivity index (χ4v) is 3.17. The van der Waals surface area contributed by atoms with E-state index in [1.54, 1.807) is 0 Å². The van der Waals surface area contributed by atoms with Crippen LogP contribution in [0, 0.1) is 0 Å². The molecule has 18 heavy (non-hydrogen) atoms. The van der Waals surface area contributed by atoms with Crippen molar-refractivity contribution in [3.63, 3.8) is 0 Å². The molecule has 0 amide bonds. The average Bonchev–Trinajstić information content (AvgIpc) is 2.37. The number of ether oxygens (including phenoxy) is 1. The van der Waals surface area contributed by atoms with Crippen LogP contribution < -0.4 is 15.8 Å². The van der Waals surface area contributed by atoms with E-state index in [1.165, 1.54) is 24.3 Å². The average molecular weight is 266 g/mol. The summed E-state index contributed by atoms with van der Waals surface area (Å²) in [6.07, 6.45) is 3.55. The first-order chi connectivity index (χ1) is 8.78. The summed E-state index contributed by atoms with van der Waals surface area (Å²) in [5, 5.41) is 3.56. The minimum Gasteiger partial charge on any atom is -0.493 e.